The van der Waals surface area contributed by atoms with Gasteiger partial charge in [-0.1, -0.05) is 78.9 Å². The van der Waals surface area contributed by atoms with Gasteiger partial charge in [-0.05, 0) is 34.7 Å². The molecule has 0 saturated heterocycles. The van der Waals surface area contributed by atoms with Gasteiger partial charge in [0.25, 0.3) is 5.91 Å². The Morgan fingerprint density at radius 2 is 1.56 bits per heavy atom. The molecular formula is C31H30N4O6. The number of hydrogen-bond donors (Lipinski definition) is 3. The molecule has 0 aliphatic heterocycles. The zero-order chi connectivity index (χ0) is 28.9. The number of benzene rings is 3. The maximum absolute atomic E-state index is 12.9. The van der Waals surface area contributed by atoms with Crippen molar-refractivity contribution in [3.8, 4) is 11.1 Å². The topological polar surface area (TPSA) is 132 Å². The van der Waals surface area contributed by atoms with Gasteiger partial charge in [-0.2, -0.15) is 5.10 Å². The number of carbonyl (C=O) groups excluding carboxylic acids is 2. The predicted molar refractivity (Wildman–Crippen MR) is 151 cm³/mol. The van der Waals surface area contributed by atoms with E-state index in [4.69, 9.17) is 9.47 Å². The highest BCUT2D eigenvalue weighted by molar-refractivity contribution is 5.96. The number of ether oxygens (including phenoxy) is 2. The van der Waals surface area contributed by atoms with Crippen LogP contribution in [0.25, 0.3) is 11.1 Å². The number of anilines is 1. The van der Waals surface area contributed by atoms with Crippen LogP contribution in [0.3, 0.4) is 0 Å². The van der Waals surface area contributed by atoms with Gasteiger partial charge in [-0.15, -0.1) is 0 Å². The number of aryl methyl sites for hydroxylation is 1. The highest BCUT2D eigenvalue weighted by Crippen LogP contribution is 2.44. The third kappa shape index (κ3) is 6.12. The second kappa shape index (κ2) is 12.1. The van der Waals surface area contributed by atoms with E-state index in [1.807, 2.05) is 66.7 Å². The molecule has 3 N–H and O–H groups in total. The van der Waals surface area contributed by atoms with Gasteiger partial charge >= 0.3 is 12.1 Å². The molecule has 1 aromatic heterocycles. The van der Waals surface area contributed by atoms with E-state index in [0.717, 1.165) is 27.8 Å². The van der Waals surface area contributed by atoms with E-state index in [1.165, 1.54) is 10.7 Å². The number of carboxylic acids is 1. The average molecular weight is 555 g/mol. The summed E-state index contributed by atoms with van der Waals surface area (Å²) >= 11 is 0. The molecule has 0 bridgehead atoms. The minimum atomic E-state index is -1.31. The van der Waals surface area contributed by atoms with Crippen molar-refractivity contribution in [1.82, 2.24) is 15.1 Å². The largest absolute Gasteiger partial charge is 0.480 e. The molecule has 1 aliphatic carbocycles. The fraction of sp³-hybridized carbons (Fsp3) is 0.226. The van der Waals surface area contributed by atoms with Crippen molar-refractivity contribution < 1.29 is 29.0 Å². The summed E-state index contributed by atoms with van der Waals surface area (Å²) in [5, 5.41) is 18.9. The number of aliphatic carboxylic acids is 1. The van der Waals surface area contributed by atoms with Crippen LogP contribution in [-0.2, 0) is 27.9 Å². The summed E-state index contributed by atoms with van der Waals surface area (Å²) in [5.41, 5.74) is 5.25. The van der Waals surface area contributed by atoms with Crippen molar-refractivity contribution >= 4 is 23.8 Å². The van der Waals surface area contributed by atoms with E-state index in [-0.39, 0.29) is 30.6 Å². The van der Waals surface area contributed by atoms with Crippen molar-refractivity contribution in [1.29, 1.82) is 0 Å². The van der Waals surface area contributed by atoms with E-state index >= 15 is 0 Å². The van der Waals surface area contributed by atoms with Gasteiger partial charge in [0.2, 0.25) is 0 Å². The van der Waals surface area contributed by atoms with Crippen LogP contribution in [0.2, 0.25) is 0 Å². The molecule has 210 valence electrons. The Hall–Kier alpha value is -4.96. The number of carbonyl (C=O) groups is 3. The Kier molecular flexibility index (Phi) is 8.11. The number of rotatable bonds is 10. The van der Waals surface area contributed by atoms with E-state index in [9.17, 15) is 19.5 Å². The molecule has 0 saturated carbocycles. The number of amides is 2. The molecule has 10 heteroatoms. The highest BCUT2D eigenvalue weighted by Gasteiger charge is 2.30. The molecule has 0 unspecified atom stereocenters. The van der Waals surface area contributed by atoms with Gasteiger partial charge in [0.05, 0.1) is 12.7 Å². The average Bonchev–Trinajstić information content (AvgIpc) is 3.51. The third-order valence-electron chi connectivity index (χ3n) is 7.06. The minimum absolute atomic E-state index is 0.0667. The number of hydrogen-bond acceptors (Lipinski definition) is 6. The summed E-state index contributed by atoms with van der Waals surface area (Å²) in [6, 6.07) is 25.4. The molecule has 0 spiro atoms. The summed E-state index contributed by atoms with van der Waals surface area (Å²) in [7, 11) is 1.55. The van der Waals surface area contributed by atoms with Gasteiger partial charge in [-0.3, -0.25) is 14.8 Å². The standard InChI is InChI=1S/C31H30N4O6/c1-19(40-17-20-10-4-3-5-11-20)28(30(37)38)33-29(36)26-16-27(35(2)34-26)32-31(39)41-18-25-23-14-8-6-12-21(23)22-13-7-9-15-24(22)25/h3-16,19,25,28H,17-18H2,1-2H3,(H,32,39)(H,33,36)(H,37,38)/t19-,28+/m1/s1. The summed E-state index contributed by atoms with van der Waals surface area (Å²) in [6.45, 7) is 1.90. The van der Waals surface area contributed by atoms with Gasteiger partial charge < -0.3 is 19.9 Å². The zero-order valence-electron chi connectivity index (χ0n) is 22.6. The molecule has 5 rings (SSSR count). The molecule has 2 atom stereocenters. The van der Waals surface area contributed by atoms with Crippen LogP contribution in [0.1, 0.15) is 40.0 Å². The lowest BCUT2D eigenvalue weighted by Crippen LogP contribution is -2.48. The van der Waals surface area contributed by atoms with Gasteiger partial charge in [0.15, 0.2) is 11.7 Å². The lowest BCUT2D eigenvalue weighted by Gasteiger charge is -2.21. The Morgan fingerprint density at radius 3 is 2.20 bits per heavy atom. The monoisotopic (exact) mass is 554 g/mol. The molecule has 10 nitrogen and oxygen atoms in total. The quantitative estimate of drug-likeness (QED) is 0.262. The number of nitrogens with one attached hydrogen (secondary N) is 2. The van der Waals surface area contributed by atoms with Crippen LogP contribution in [0.4, 0.5) is 10.6 Å². The summed E-state index contributed by atoms with van der Waals surface area (Å²) < 4.78 is 12.6. The van der Waals surface area contributed by atoms with Gasteiger partial charge in [0.1, 0.15) is 12.4 Å². The molecular weight excluding hydrogens is 524 g/mol. The van der Waals surface area contributed by atoms with Crippen molar-refractivity contribution in [3.63, 3.8) is 0 Å². The van der Waals surface area contributed by atoms with Crippen molar-refractivity contribution in [2.45, 2.75) is 31.6 Å². The number of fused-ring (bicyclic) bond motifs is 3. The van der Waals surface area contributed by atoms with E-state index in [2.05, 4.69) is 27.9 Å². The normalized spacial score (nSPS) is 13.5. The first kappa shape index (κ1) is 27.6. The molecule has 41 heavy (non-hydrogen) atoms. The van der Waals surface area contributed by atoms with Gasteiger partial charge in [-0.25, -0.2) is 9.59 Å². The van der Waals surface area contributed by atoms with Crippen LogP contribution in [-0.4, -0.2) is 51.6 Å². The second-order valence-electron chi connectivity index (χ2n) is 9.78. The van der Waals surface area contributed by atoms with E-state index < -0.39 is 30.1 Å². The Bertz CT molecular complexity index is 1520. The van der Waals surface area contributed by atoms with Crippen LogP contribution in [0, 0.1) is 0 Å². The molecule has 0 fully saturated rings. The second-order valence-corrected chi connectivity index (χ2v) is 9.78. The van der Waals surface area contributed by atoms with E-state index in [0.29, 0.717) is 0 Å². The summed E-state index contributed by atoms with van der Waals surface area (Å²) in [4.78, 5) is 37.5. The van der Waals surface area contributed by atoms with E-state index in [1.54, 1.807) is 14.0 Å². The first-order valence-electron chi connectivity index (χ1n) is 13.2. The smallest absolute Gasteiger partial charge is 0.412 e. The molecule has 2 amide bonds. The number of aromatic nitrogens is 2. The Morgan fingerprint density at radius 1 is 0.951 bits per heavy atom. The van der Waals surface area contributed by atoms with Crippen molar-refractivity contribution in [2.75, 3.05) is 11.9 Å². The molecule has 1 aliphatic rings. The molecule has 1 heterocycles. The lowest BCUT2D eigenvalue weighted by molar-refractivity contribution is -0.143. The molecule has 3 aromatic carbocycles. The SMILES string of the molecule is C[C@@H](OCc1ccccc1)[C@H](NC(=O)c1cc(NC(=O)OCC2c3ccccc3-c3ccccc32)n(C)n1)C(=O)O. The zero-order valence-corrected chi connectivity index (χ0v) is 22.6. The first-order valence-corrected chi connectivity index (χ1v) is 13.2. The first-order chi connectivity index (χ1) is 19.8. The maximum Gasteiger partial charge on any atom is 0.412 e. The highest BCUT2D eigenvalue weighted by atomic mass is 16.5. The lowest BCUT2D eigenvalue weighted by atomic mass is 9.98. The van der Waals surface area contributed by atoms with Crippen molar-refractivity contribution in [3.05, 3.63) is 107 Å². The summed E-state index contributed by atoms with van der Waals surface area (Å²) in [6.07, 6.45) is -1.52. The van der Waals surface area contributed by atoms with Crippen LogP contribution in [0.15, 0.2) is 84.9 Å². The minimum Gasteiger partial charge on any atom is -0.480 e. The Labute approximate surface area is 236 Å². The van der Waals surface area contributed by atoms with Gasteiger partial charge in [0, 0.05) is 19.0 Å². The Balaban J connectivity index is 1.19. The fourth-order valence-corrected chi connectivity index (χ4v) is 4.93. The third-order valence-corrected chi connectivity index (χ3v) is 7.06. The molecule has 4 aromatic rings. The van der Waals surface area contributed by atoms with Crippen molar-refractivity contribution in [2.24, 2.45) is 7.05 Å². The number of carboxylic acid groups (broad SMARTS) is 1. The molecule has 0 radical (unpaired) electrons. The van der Waals surface area contributed by atoms with Crippen LogP contribution in [0.5, 0.6) is 0 Å². The van der Waals surface area contributed by atoms with Crippen LogP contribution >= 0.6 is 0 Å². The number of nitrogens with zero attached hydrogens (tertiary/aromatic N) is 2. The van der Waals surface area contributed by atoms with Crippen LogP contribution < -0.4 is 10.6 Å². The maximum atomic E-state index is 12.9. The fourth-order valence-electron chi connectivity index (χ4n) is 4.93. The summed E-state index contributed by atoms with van der Waals surface area (Å²) in [5.74, 6) is -1.84. The predicted octanol–water partition coefficient (Wildman–Crippen LogP) is 4.57.